The van der Waals surface area contributed by atoms with E-state index in [1.807, 2.05) is 11.6 Å². The molecule has 2 aromatic heterocycles. The minimum Gasteiger partial charge on any atom is -0.481 e. The van der Waals surface area contributed by atoms with Crippen molar-refractivity contribution in [2.24, 2.45) is 12.5 Å². The molecule has 10 heteroatoms. The van der Waals surface area contributed by atoms with E-state index in [2.05, 4.69) is 15.2 Å². The van der Waals surface area contributed by atoms with E-state index in [1.54, 1.807) is 28.3 Å². The molecule has 2 saturated heterocycles. The van der Waals surface area contributed by atoms with Crippen LogP contribution in [0, 0.1) is 5.41 Å². The number of carbonyl (C=O) groups excluding carboxylic acids is 2. The zero-order valence-electron chi connectivity index (χ0n) is 16.7. The Balaban J connectivity index is 1.53. The Morgan fingerprint density at radius 2 is 1.97 bits per heavy atom. The van der Waals surface area contributed by atoms with Gasteiger partial charge in [-0.3, -0.25) is 9.59 Å². The van der Waals surface area contributed by atoms with Crippen molar-refractivity contribution in [2.45, 2.75) is 5.92 Å². The van der Waals surface area contributed by atoms with E-state index in [9.17, 15) is 9.59 Å². The molecule has 0 radical (unpaired) electrons. The quantitative estimate of drug-likeness (QED) is 0.692. The predicted molar refractivity (Wildman–Crippen MR) is 101 cm³/mol. The molecule has 0 bridgehead atoms. The first-order valence-corrected chi connectivity index (χ1v) is 9.37. The molecule has 4 heterocycles. The first kappa shape index (κ1) is 19.3. The molecule has 1 unspecified atom stereocenters. The summed E-state index contributed by atoms with van der Waals surface area (Å²) in [5.74, 6) is 1.17. The van der Waals surface area contributed by atoms with Gasteiger partial charge in [0, 0.05) is 63.9 Å². The Hall–Kier alpha value is -3.01. The number of pyridine rings is 1. The van der Waals surface area contributed by atoms with Crippen LogP contribution in [0.5, 0.6) is 5.88 Å². The third-order valence-electron chi connectivity index (χ3n) is 5.82. The molecule has 2 aromatic rings. The molecule has 2 aliphatic heterocycles. The minimum atomic E-state index is -0.236. The Bertz CT molecular complexity index is 906. The highest BCUT2D eigenvalue weighted by molar-refractivity contribution is 5.94. The normalized spacial score (nSPS) is 20.0. The molecule has 0 saturated carbocycles. The van der Waals surface area contributed by atoms with Gasteiger partial charge in [0.05, 0.1) is 12.7 Å². The highest BCUT2D eigenvalue weighted by Gasteiger charge is 2.58. The highest BCUT2D eigenvalue weighted by atomic mass is 16.5. The standard InChI is InChI=1S/C19H24N6O4/c1-23-12-21-22-17(23)14-7-24(16(26)8-28-2)9-19(14)10-25(11-19)18(27)13-4-5-15(29-3)20-6-13/h4-6,12,14H,7-11H2,1-3H3. The van der Waals surface area contributed by atoms with E-state index in [0.29, 0.717) is 37.6 Å². The van der Waals surface area contributed by atoms with Crippen molar-refractivity contribution < 1.29 is 19.1 Å². The second-order valence-corrected chi connectivity index (χ2v) is 7.67. The summed E-state index contributed by atoms with van der Waals surface area (Å²) < 4.78 is 11.9. The topological polar surface area (TPSA) is 103 Å². The molecular formula is C19H24N6O4. The Morgan fingerprint density at radius 1 is 1.21 bits per heavy atom. The first-order valence-electron chi connectivity index (χ1n) is 9.37. The van der Waals surface area contributed by atoms with Gasteiger partial charge in [0.2, 0.25) is 11.8 Å². The number of hydrogen-bond donors (Lipinski definition) is 0. The third-order valence-corrected chi connectivity index (χ3v) is 5.82. The van der Waals surface area contributed by atoms with Crippen LogP contribution in [0.1, 0.15) is 22.1 Å². The second kappa shape index (κ2) is 7.43. The number of methoxy groups -OCH3 is 2. The van der Waals surface area contributed by atoms with E-state index in [-0.39, 0.29) is 29.8 Å². The van der Waals surface area contributed by atoms with Crippen LogP contribution in [0.4, 0.5) is 0 Å². The van der Waals surface area contributed by atoms with Crippen LogP contribution in [0.2, 0.25) is 0 Å². The van der Waals surface area contributed by atoms with Crippen molar-refractivity contribution in [2.75, 3.05) is 47.0 Å². The van der Waals surface area contributed by atoms with Gasteiger partial charge in [0.15, 0.2) is 0 Å². The van der Waals surface area contributed by atoms with Crippen molar-refractivity contribution in [1.82, 2.24) is 29.5 Å². The lowest BCUT2D eigenvalue weighted by molar-refractivity contribution is -0.134. The van der Waals surface area contributed by atoms with Crippen LogP contribution < -0.4 is 4.74 Å². The van der Waals surface area contributed by atoms with E-state index in [4.69, 9.17) is 9.47 Å². The molecule has 1 atom stereocenters. The molecule has 2 fully saturated rings. The van der Waals surface area contributed by atoms with Crippen LogP contribution in [0.25, 0.3) is 0 Å². The fourth-order valence-electron chi connectivity index (χ4n) is 4.32. The maximum atomic E-state index is 12.9. The number of aryl methyl sites for hydroxylation is 1. The Kier molecular flexibility index (Phi) is 4.95. The molecule has 10 nitrogen and oxygen atoms in total. The van der Waals surface area contributed by atoms with Crippen molar-refractivity contribution in [3.8, 4) is 5.88 Å². The van der Waals surface area contributed by atoms with E-state index in [1.165, 1.54) is 20.4 Å². The summed E-state index contributed by atoms with van der Waals surface area (Å²) in [6.45, 7) is 2.25. The second-order valence-electron chi connectivity index (χ2n) is 7.67. The minimum absolute atomic E-state index is 0.00819. The number of hydrogen-bond acceptors (Lipinski definition) is 7. The summed E-state index contributed by atoms with van der Waals surface area (Å²) in [7, 11) is 4.94. The fourth-order valence-corrected chi connectivity index (χ4v) is 4.32. The predicted octanol–water partition coefficient (Wildman–Crippen LogP) is -0.0667. The van der Waals surface area contributed by atoms with Gasteiger partial charge >= 0.3 is 0 Å². The zero-order valence-corrected chi connectivity index (χ0v) is 16.7. The molecule has 0 aliphatic carbocycles. The average molecular weight is 400 g/mol. The maximum absolute atomic E-state index is 12.9. The number of carbonyl (C=O) groups is 2. The highest BCUT2D eigenvalue weighted by Crippen LogP contribution is 2.48. The van der Waals surface area contributed by atoms with Crippen molar-refractivity contribution >= 4 is 11.8 Å². The molecule has 154 valence electrons. The van der Waals surface area contributed by atoms with E-state index >= 15 is 0 Å². The Morgan fingerprint density at radius 3 is 2.55 bits per heavy atom. The smallest absolute Gasteiger partial charge is 0.255 e. The maximum Gasteiger partial charge on any atom is 0.255 e. The molecule has 29 heavy (non-hydrogen) atoms. The number of likely N-dealkylation sites (tertiary alicyclic amines) is 2. The van der Waals surface area contributed by atoms with Gasteiger partial charge < -0.3 is 23.8 Å². The molecule has 1 spiro atoms. The number of nitrogens with zero attached hydrogens (tertiary/aromatic N) is 6. The largest absolute Gasteiger partial charge is 0.481 e. The van der Waals surface area contributed by atoms with Gasteiger partial charge in [-0.25, -0.2) is 4.98 Å². The monoisotopic (exact) mass is 400 g/mol. The lowest BCUT2D eigenvalue weighted by Crippen LogP contribution is -2.61. The third kappa shape index (κ3) is 3.33. The Labute approximate surface area is 168 Å². The SMILES string of the molecule is COCC(=O)N1CC(c2nncn2C)C2(C1)CN(C(=O)c1ccc(OC)nc1)C2. The lowest BCUT2D eigenvalue weighted by atomic mass is 9.71. The molecule has 0 N–H and O–H groups in total. The summed E-state index contributed by atoms with van der Waals surface area (Å²) in [4.78, 5) is 33.0. The molecular weight excluding hydrogens is 376 g/mol. The van der Waals surface area contributed by atoms with Gasteiger partial charge in [0.1, 0.15) is 18.8 Å². The average Bonchev–Trinajstić information content (AvgIpc) is 3.30. The summed E-state index contributed by atoms with van der Waals surface area (Å²) in [5.41, 5.74) is 0.279. The fraction of sp³-hybridized carbons (Fsp3) is 0.526. The zero-order chi connectivity index (χ0) is 20.6. The molecule has 2 aliphatic rings. The van der Waals surface area contributed by atoms with Crippen molar-refractivity contribution in [3.63, 3.8) is 0 Å². The summed E-state index contributed by atoms with van der Waals surface area (Å²) in [6.07, 6.45) is 3.18. The number of rotatable bonds is 5. The molecule has 4 rings (SSSR count). The summed E-state index contributed by atoms with van der Waals surface area (Å²) in [6, 6.07) is 3.38. The summed E-state index contributed by atoms with van der Waals surface area (Å²) in [5, 5.41) is 8.28. The van der Waals surface area contributed by atoms with Crippen LogP contribution in [0.15, 0.2) is 24.7 Å². The summed E-state index contributed by atoms with van der Waals surface area (Å²) >= 11 is 0. The first-order chi connectivity index (χ1) is 14.0. The number of amides is 2. The number of ether oxygens (including phenoxy) is 2. The van der Waals surface area contributed by atoms with Gasteiger partial charge in [-0.1, -0.05) is 0 Å². The van der Waals surface area contributed by atoms with Crippen LogP contribution in [-0.4, -0.2) is 88.4 Å². The van der Waals surface area contributed by atoms with Crippen molar-refractivity contribution in [3.05, 3.63) is 36.0 Å². The van der Waals surface area contributed by atoms with Gasteiger partial charge in [-0.2, -0.15) is 0 Å². The van der Waals surface area contributed by atoms with Crippen molar-refractivity contribution in [1.29, 1.82) is 0 Å². The lowest BCUT2D eigenvalue weighted by Gasteiger charge is -2.50. The van der Waals surface area contributed by atoms with Crippen LogP contribution >= 0.6 is 0 Å². The van der Waals surface area contributed by atoms with Gasteiger partial charge in [-0.15, -0.1) is 10.2 Å². The van der Waals surface area contributed by atoms with E-state index in [0.717, 1.165) is 5.82 Å². The van der Waals surface area contributed by atoms with E-state index < -0.39 is 0 Å². The van der Waals surface area contributed by atoms with Crippen LogP contribution in [-0.2, 0) is 16.6 Å². The molecule has 0 aromatic carbocycles. The van der Waals surface area contributed by atoms with Gasteiger partial charge in [0.25, 0.3) is 5.91 Å². The molecule has 2 amide bonds. The number of aromatic nitrogens is 4. The van der Waals surface area contributed by atoms with Crippen LogP contribution in [0.3, 0.4) is 0 Å². The van der Waals surface area contributed by atoms with Gasteiger partial charge in [-0.05, 0) is 6.07 Å².